The normalized spacial score (nSPS) is 10.8. The van der Waals surface area contributed by atoms with Gasteiger partial charge in [-0.3, -0.25) is 14.9 Å². The zero-order chi connectivity index (χ0) is 8.15. The van der Waals surface area contributed by atoms with Crippen molar-refractivity contribution in [3.63, 3.8) is 0 Å². The molecule has 0 rings (SSSR count). The van der Waals surface area contributed by atoms with E-state index in [1.54, 1.807) is 0 Å². The van der Waals surface area contributed by atoms with Crippen molar-refractivity contribution < 1.29 is 9.72 Å². The minimum atomic E-state index is -0.723. The second-order valence-corrected chi connectivity index (χ2v) is 1.63. The Morgan fingerprint density at radius 3 is 2.30 bits per heavy atom. The molecule has 0 aliphatic rings. The van der Waals surface area contributed by atoms with Crippen molar-refractivity contribution in [1.29, 1.82) is 0 Å². The van der Waals surface area contributed by atoms with Crippen molar-refractivity contribution in [2.75, 3.05) is 7.05 Å². The first kappa shape index (κ1) is 8.61. The van der Waals surface area contributed by atoms with Gasteiger partial charge in [-0.2, -0.15) is 0 Å². The van der Waals surface area contributed by atoms with E-state index in [-0.39, 0.29) is 0 Å². The van der Waals surface area contributed by atoms with Crippen LogP contribution in [0.2, 0.25) is 0 Å². The van der Waals surface area contributed by atoms with Gasteiger partial charge in [0, 0.05) is 14.0 Å². The molecule has 1 N–H and O–H groups in total. The van der Waals surface area contributed by atoms with Gasteiger partial charge >= 0.3 is 5.70 Å². The number of hydrogen-bond donors (Lipinski definition) is 1. The van der Waals surface area contributed by atoms with Crippen LogP contribution in [-0.2, 0) is 4.79 Å². The molecule has 56 valence electrons. The first-order valence-electron chi connectivity index (χ1n) is 2.62. The molecule has 0 heterocycles. The van der Waals surface area contributed by atoms with E-state index in [0.717, 1.165) is 13.1 Å². The molecule has 0 saturated carbocycles. The average molecular weight is 144 g/mol. The van der Waals surface area contributed by atoms with Crippen LogP contribution in [0.3, 0.4) is 0 Å². The third-order valence-electron chi connectivity index (χ3n) is 0.838. The average Bonchev–Trinajstić information content (AvgIpc) is 1.81. The van der Waals surface area contributed by atoms with Gasteiger partial charge in [0.2, 0.25) is 5.78 Å². The highest BCUT2D eigenvalue weighted by atomic mass is 16.6. The summed E-state index contributed by atoms with van der Waals surface area (Å²) in [6.45, 7) is 1.14. The molecule has 0 aromatic heterocycles. The Balaban J connectivity index is 4.42. The fourth-order valence-electron chi connectivity index (χ4n) is 0.420. The second-order valence-electron chi connectivity index (χ2n) is 1.63. The summed E-state index contributed by atoms with van der Waals surface area (Å²) in [4.78, 5) is 19.7. The van der Waals surface area contributed by atoms with Crippen molar-refractivity contribution in [2.45, 2.75) is 6.92 Å². The van der Waals surface area contributed by atoms with E-state index >= 15 is 0 Å². The van der Waals surface area contributed by atoms with Crippen LogP contribution in [-0.4, -0.2) is 17.8 Å². The topological polar surface area (TPSA) is 72.2 Å². The number of carbonyl (C=O) groups excluding carboxylic acids is 1. The van der Waals surface area contributed by atoms with Crippen LogP contribution in [0.1, 0.15) is 6.92 Å². The van der Waals surface area contributed by atoms with E-state index in [1.165, 1.54) is 7.05 Å². The summed E-state index contributed by atoms with van der Waals surface area (Å²) in [5.41, 5.74) is -0.428. The lowest BCUT2D eigenvalue weighted by molar-refractivity contribution is -0.419. The number of nitrogens with one attached hydrogen (secondary N) is 1. The lowest BCUT2D eigenvalue weighted by Gasteiger charge is -1.90. The Hall–Kier alpha value is -1.39. The Morgan fingerprint density at radius 1 is 1.70 bits per heavy atom. The summed E-state index contributed by atoms with van der Waals surface area (Å²) in [5, 5.41) is 12.4. The molecule has 10 heavy (non-hydrogen) atoms. The Labute approximate surface area is 57.9 Å². The van der Waals surface area contributed by atoms with Gasteiger partial charge in [-0.25, -0.2) is 0 Å². The predicted octanol–water partition coefficient (Wildman–Crippen LogP) is -0.0871. The van der Waals surface area contributed by atoms with Gasteiger partial charge in [-0.15, -0.1) is 0 Å². The predicted molar refractivity (Wildman–Crippen MR) is 34.8 cm³/mol. The standard InChI is InChI=1S/C5H8N2O3/c1-4(8)5(3-6-2)7(9)10/h3,6H,1-2H3/b5-3+. The maximum Gasteiger partial charge on any atom is 0.327 e. The number of ketones is 1. The zero-order valence-electron chi connectivity index (χ0n) is 5.75. The van der Waals surface area contributed by atoms with Gasteiger partial charge in [-0.05, 0) is 0 Å². The van der Waals surface area contributed by atoms with Gasteiger partial charge in [0.15, 0.2) is 0 Å². The highest BCUT2D eigenvalue weighted by Crippen LogP contribution is 1.93. The third kappa shape index (κ3) is 2.25. The Kier molecular flexibility index (Phi) is 3.10. The van der Waals surface area contributed by atoms with E-state index in [9.17, 15) is 14.9 Å². The summed E-state index contributed by atoms with van der Waals surface area (Å²) in [5.74, 6) is -0.556. The number of Topliss-reactive ketones (excluding diaryl/α,β-unsaturated/α-hetero) is 1. The molecule has 0 atom stereocenters. The molecule has 0 unspecified atom stereocenters. The number of allylic oxidation sites excluding steroid dienone is 1. The molecule has 5 heteroatoms. The van der Waals surface area contributed by atoms with Crippen LogP contribution in [0.25, 0.3) is 0 Å². The second kappa shape index (κ2) is 3.60. The summed E-state index contributed by atoms with van der Waals surface area (Å²) in [6, 6.07) is 0. The molecule has 0 fully saturated rings. The first-order valence-corrected chi connectivity index (χ1v) is 2.62. The molecule has 0 radical (unpaired) electrons. The lowest BCUT2D eigenvalue weighted by Crippen LogP contribution is -2.11. The van der Waals surface area contributed by atoms with E-state index < -0.39 is 16.4 Å². The summed E-state index contributed by atoms with van der Waals surface area (Å²) in [6.07, 6.45) is 1.06. The minimum Gasteiger partial charge on any atom is -0.388 e. The van der Waals surface area contributed by atoms with Crippen molar-refractivity contribution in [1.82, 2.24) is 5.32 Å². The smallest absolute Gasteiger partial charge is 0.327 e. The van der Waals surface area contributed by atoms with Crippen LogP contribution in [0.15, 0.2) is 11.9 Å². The summed E-state index contributed by atoms with van der Waals surface area (Å²) in [7, 11) is 1.49. The van der Waals surface area contributed by atoms with Crippen LogP contribution in [0.5, 0.6) is 0 Å². The summed E-state index contributed by atoms with van der Waals surface area (Å²) < 4.78 is 0. The largest absolute Gasteiger partial charge is 0.388 e. The van der Waals surface area contributed by atoms with Crippen LogP contribution in [0.4, 0.5) is 0 Å². The molecule has 0 aliphatic heterocycles. The van der Waals surface area contributed by atoms with Gasteiger partial charge in [0.1, 0.15) is 0 Å². The molecule has 0 aromatic carbocycles. The highest BCUT2D eigenvalue weighted by molar-refractivity contribution is 5.90. The van der Waals surface area contributed by atoms with Crippen molar-refractivity contribution in [3.05, 3.63) is 22.0 Å². The molecular weight excluding hydrogens is 136 g/mol. The van der Waals surface area contributed by atoms with Crippen molar-refractivity contribution in [2.24, 2.45) is 0 Å². The number of carbonyl (C=O) groups is 1. The highest BCUT2D eigenvalue weighted by Gasteiger charge is 2.15. The number of nitrogens with zero attached hydrogens (tertiary/aromatic N) is 1. The molecule has 0 aliphatic carbocycles. The van der Waals surface area contributed by atoms with E-state index in [4.69, 9.17) is 0 Å². The van der Waals surface area contributed by atoms with Gasteiger partial charge < -0.3 is 5.32 Å². The maximum atomic E-state index is 10.4. The van der Waals surface area contributed by atoms with Crippen LogP contribution in [0, 0.1) is 10.1 Å². The fourth-order valence-corrected chi connectivity index (χ4v) is 0.420. The van der Waals surface area contributed by atoms with Crippen molar-refractivity contribution >= 4 is 5.78 Å². The number of rotatable bonds is 3. The van der Waals surface area contributed by atoms with Gasteiger partial charge in [0.05, 0.1) is 11.1 Å². The van der Waals surface area contributed by atoms with Gasteiger partial charge in [-0.1, -0.05) is 0 Å². The fraction of sp³-hybridized carbons (Fsp3) is 0.400. The molecule has 0 spiro atoms. The molecule has 0 aromatic rings. The maximum absolute atomic E-state index is 10.4. The molecular formula is C5H8N2O3. The van der Waals surface area contributed by atoms with Crippen molar-refractivity contribution in [3.8, 4) is 0 Å². The first-order chi connectivity index (χ1) is 4.59. The lowest BCUT2D eigenvalue weighted by atomic mass is 10.3. The SMILES string of the molecule is CN/C=C(\C(C)=O)[N+](=O)[O-]. The number of hydrogen-bond acceptors (Lipinski definition) is 4. The molecule has 0 amide bonds. The van der Waals surface area contributed by atoms with Crippen LogP contribution >= 0.6 is 0 Å². The molecule has 5 nitrogen and oxygen atoms in total. The molecule has 0 bridgehead atoms. The van der Waals surface area contributed by atoms with E-state index in [2.05, 4.69) is 5.32 Å². The molecule has 0 saturated heterocycles. The zero-order valence-corrected chi connectivity index (χ0v) is 5.75. The monoisotopic (exact) mass is 144 g/mol. The third-order valence-corrected chi connectivity index (χ3v) is 0.838. The van der Waals surface area contributed by atoms with E-state index in [0.29, 0.717) is 0 Å². The Bertz CT molecular complexity index is 169. The van der Waals surface area contributed by atoms with E-state index in [1.807, 2.05) is 0 Å². The summed E-state index contributed by atoms with van der Waals surface area (Å²) >= 11 is 0. The van der Waals surface area contributed by atoms with Gasteiger partial charge in [0.25, 0.3) is 0 Å². The quantitative estimate of drug-likeness (QED) is 0.341. The number of nitro groups is 1. The minimum absolute atomic E-state index is 0.428. The Morgan fingerprint density at radius 2 is 2.20 bits per heavy atom. The van der Waals surface area contributed by atoms with Crippen LogP contribution < -0.4 is 5.32 Å².